The summed E-state index contributed by atoms with van der Waals surface area (Å²) in [6.07, 6.45) is 2.59. The summed E-state index contributed by atoms with van der Waals surface area (Å²) in [5.41, 5.74) is 3.22. The van der Waals surface area contributed by atoms with Crippen LogP contribution in [0, 0.1) is 11.3 Å². The Labute approximate surface area is 138 Å². The Hall–Kier alpha value is -0.540. The molecule has 0 aliphatic carbocycles. The molecule has 118 valence electrons. The van der Waals surface area contributed by atoms with E-state index in [1.54, 1.807) is 0 Å². The summed E-state index contributed by atoms with van der Waals surface area (Å²) in [6, 6.07) is 7.06. The van der Waals surface area contributed by atoms with Crippen LogP contribution in [0.2, 0.25) is 0 Å². The first-order chi connectivity index (χ1) is 9.82. The fourth-order valence-corrected chi connectivity index (χ4v) is 3.65. The molecule has 0 aromatic heterocycles. The van der Waals surface area contributed by atoms with Gasteiger partial charge in [0, 0.05) is 29.3 Å². The van der Waals surface area contributed by atoms with Crippen LogP contribution in [0.1, 0.15) is 52.1 Å². The second-order valence-corrected chi connectivity index (χ2v) is 8.26. The minimum Gasteiger partial charge on any atom is -0.371 e. The molecule has 2 nitrogen and oxygen atoms in total. The Kier molecular flexibility index (Phi) is 5.37. The molecule has 1 atom stereocenters. The van der Waals surface area contributed by atoms with Crippen LogP contribution in [0.25, 0.3) is 0 Å². The molecule has 0 amide bonds. The highest BCUT2D eigenvalue weighted by Crippen LogP contribution is 2.37. The lowest BCUT2D eigenvalue weighted by Crippen LogP contribution is -2.38. The summed E-state index contributed by atoms with van der Waals surface area (Å²) in [5.74, 6) is 0.839. The van der Waals surface area contributed by atoms with Gasteiger partial charge in [0.15, 0.2) is 0 Å². The van der Waals surface area contributed by atoms with E-state index >= 15 is 0 Å². The van der Waals surface area contributed by atoms with Crippen LogP contribution in [-0.2, 0) is 0 Å². The number of anilines is 1. The molecule has 1 unspecified atom stereocenters. The van der Waals surface area contributed by atoms with Gasteiger partial charge in [-0.1, -0.05) is 42.8 Å². The Morgan fingerprint density at radius 2 is 1.86 bits per heavy atom. The number of hydrogen-bond acceptors (Lipinski definition) is 2. The van der Waals surface area contributed by atoms with E-state index in [0.29, 0.717) is 11.5 Å². The van der Waals surface area contributed by atoms with Crippen LogP contribution in [-0.4, -0.2) is 20.1 Å². The largest absolute Gasteiger partial charge is 0.371 e. The van der Waals surface area contributed by atoms with Crippen molar-refractivity contribution in [1.82, 2.24) is 5.32 Å². The average molecular weight is 353 g/mol. The van der Waals surface area contributed by atoms with Crippen LogP contribution in [0.4, 0.5) is 5.69 Å². The highest BCUT2D eigenvalue weighted by atomic mass is 79.9. The van der Waals surface area contributed by atoms with Crippen molar-refractivity contribution in [3.63, 3.8) is 0 Å². The van der Waals surface area contributed by atoms with Crippen LogP contribution in [0.15, 0.2) is 22.7 Å². The van der Waals surface area contributed by atoms with Crippen LogP contribution in [0.5, 0.6) is 0 Å². The highest BCUT2D eigenvalue weighted by molar-refractivity contribution is 9.10. The zero-order valence-electron chi connectivity index (χ0n) is 14.0. The SMILES string of the molecule is CNC(C)c1ccc(Br)cc1N1CCC(C(C)(C)C)CC1. The molecule has 0 bridgehead atoms. The summed E-state index contributed by atoms with van der Waals surface area (Å²) < 4.78 is 1.17. The summed E-state index contributed by atoms with van der Waals surface area (Å²) in [4.78, 5) is 2.57. The number of benzene rings is 1. The molecule has 3 heteroatoms. The molecule has 1 N–H and O–H groups in total. The minimum atomic E-state index is 0.383. The monoisotopic (exact) mass is 352 g/mol. The van der Waals surface area contributed by atoms with E-state index in [1.807, 2.05) is 7.05 Å². The summed E-state index contributed by atoms with van der Waals surface area (Å²) >= 11 is 3.63. The molecule has 1 aliphatic rings. The van der Waals surface area contributed by atoms with Crippen LogP contribution >= 0.6 is 15.9 Å². The number of nitrogens with one attached hydrogen (secondary N) is 1. The average Bonchev–Trinajstić information content (AvgIpc) is 2.45. The highest BCUT2D eigenvalue weighted by Gasteiger charge is 2.29. The topological polar surface area (TPSA) is 15.3 Å². The third-order valence-electron chi connectivity index (χ3n) is 4.95. The summed E-state index contributed by atoms with van der Waals surface area (Å²) in [7, 11) is 2.03. The van der Waals surface area contributed by atoms with Crippen molar-refractivity contribution >= 4 is 21.6 Å². The maximum Gasteiger partial charge on any atom is 0.0425 e. The number of hydrogen-bond donors (Lipinski definition) is 1. The smallest absolute Gasteiger partial charge is 0.0425 e. The van der Waals surface area contributed by atoms with Gasteiger partial charge in [-0.2, -0.15) is 0 Å². The molecular formula is C18H29BrN2. The summed E-state index contributed by atoms with van der Waals surface area (Å²) in [5, 5.41) is 3.37. The lowest BCUT2D eigenvalue weighted by molar-refractivity contribution is 0.199. The van der Waals surface area contributed by atoms with Gasteiger partial charge in [-0.05, 0) is 55.8 Å². The van der Waals surface area contributed by atoms with E-state index in [1.165, 1.54) is 41.7 Å². The van der Waals surface area contributed by atoms with Crippen LogP contribution < -0.4 is 10.2 Å². The van der Waals surface area contributed by atoms with Crippen molar-refractivity contribution in [2.75, 3.05) is 25.0 Å². The predicted octanol–water partition coefficient (Wildman–Crippen LogP) is 4.99. The third-order valence-corrected chi connectivity index (χ3v) is 5.45. The van der Waals surface area contributed by atoms with E-state index in [9.17, 15) is 0 Å². The van der Waals surface area contributed by atoms with Crippen molar-refractivity contribution in [2.45, 2.75) is 46.6 Å². The van der Waals surface area contributed by atoms with E-state index < -0.39 is 0 Å². The van der Waals surface area contributed by atoms with Crippen molar-refractivity contribution in [3.8, 4) is 0 Å². The molecule has 1 aromatic carbocycles. The molecule has 1 saturated heterocycles. The van der Waals surface area contributed by atoms with Gasteiger partial charge in [0.25, 0.3) is 0 Å². The van der Waals surface area contributed by atoms with Crippen molar-refractivity contribution in [2.24, 2.45) is 11.3 Å². The first kappa shape index (κ1) is 16.8. The Bertz CT molecular complexity index is 471. The zero-order valence-corrected chi connectivity index (χ0v) is 15.6. The van der Waals surface area contributed by atoms with E-state index in [0.717, 1.165) is 5.92 Å². The lowest BCUT2D eigenvalue weighted by Gasteiger charge is -2.40. The van der Waals surface area contributed by atoms with E-state index in [4.69, 9.17) is 0 Å². The predicted molar refractivity (Wildman–Crippen MR) is 96.0 cm³/mol. The maximum atomic E-state index is 3.63. The Morgan fingerprint density at radius 1 is 1.24 bits per heavy atom. The Morgan fingerprint density at radius 3 is 2.38 bits per heavy atom. The fourth-order valence-electron chi connectivity index (χ4n) is 3.30. The zero-order chi connectivity index (χ0) is 15.6. The molecule has 1 aliphatic heterocycles. The standard InChI is InChI=1S/C18H29BrN2/c1-13(20-5)16-7-6-15(19)12-17(16)21-10-8-14(9-11-21)18(2,3)4/h6-7,12-14,20H,8-11H2,1-5H3. The summed E-state index contributed by atoms with van der Waals surface area (Å²) in [6.45, 7) is 11.7. The molecule has 1 heterocycles. The normalized spacial score (nSPS) is 18.9. The van der Waals surface area contributed by atoms with Gasteiger partial charge in [0.2, 0.25) is 0 Å². The van der Waals surface area contributed by atoms with Gasteiger partial charge < -0.3 is 10.2 Å². The quantitative estimate of drug-likeness (QED) is 0.823. The van der Waals surface area contributed by atoms with E-state index in [-0.39, 0.29) is 0 Å². The fraction of sp³-hybridized carbons (Fsp3) is 0.667. The van der Waals surface area contributed by atoms with Gasteiger partial charge in [-0.25, -0.2) is 0 Å². The van der Waals surface area contributed by atoms with Crippen LogP contribution in [0.3, 0.4) is 0 Å². The molecule has 1 aromatic rings. The Balaban J connectivity index is 2.18. The van der Waals surface area contributed by atoms with Crippen molar-refractivity contribution in [3.05, 3.63) is 28.2 Å². The number of rotatable bonds is 3. The van der Waals surface area contributed by atoms with Gasteiger partial charge in [0.05, 0.1) is 0 Å². The molecule has 1 fully saturated rings. The first-order valence-corrected chi connectivity index (χ1v) is 8.84. The van der Waals surface area contributed by atoms with E-state index in [2.05, 4.69) is 72.0 Å². The first-order valence-electron chi connectivity index (χ1n) is 8.04. The maximum absolute atomic E-state index is 3.63. The minimum absolute atomic E-state index is 0.383. The molecular weight excluding hydrogens is 324 g/mol. The molecule has 0 radical (unpaired) electrons. The molecule has 21 heavy (non-hydrogen) atoms. The number of nitrogens with zero attached hydrogens (tertiary/aromatic N) is 1. The second kappa shape index (κ2) is 6.70. The molecule has 2 rings (SSSR count). The van der Waals surface area contributed by atoms with Crippen molar-refractivity contribution in [1.29, 1.82) is 0 Å². The molecule has 0 spiro atoms. The van der Waals surface area contributed by atoms with Gasteiger partial charge in [-0.3, -0.25) is 0 Å². The van der Waals surface area contributed by atoms with Crippen molar-refractivity contribution < 1.29 is 0 Å². The second-order valence-electron chi connectivity index (χ2n) is 7.34. The molecule has 0 saturated carbocycles. The van der Waals surface area contributed by atoms with Gasteiger partial charge >= 0.3 is 0 Å². The van der Waals surface area contributed by atoms with Gasteiger partial charge in [-0.15, -0.1) is 0 Å². The third kappa shape index (κ3) is 4.01. The number of piperidine rings is 1. The lowest BCUT2D eigenvalue weighted by atomic mass is 9.75. The number of halogens is 1. The van der Waals surface area contributed by atoms with Gasteiger partial charge in [0.1, 0.15) is 0 Å².